The zero-order valence-corrected chi connectivity index (χ0v) is 19.8. The zero-order valence-electron chi connectivity index (χ0n) is 18.2. The van der Waals surface area contributed by atoms with Crippen LogP contribution in [0.1, 0.15) is 23.2 Å². The number of unbranched alkanes of at least 4 members (excludes halogenated alkanes) is 1. The van der Waals surface area contributed by atoms with Gasteiger partial charge in [-0.1, -0.05) is 70.4 Å². The van der Waals surface area contributed by atoms with E-state index in [0.29, 0.717) is 3.71 Å². The lowest BCUT2D eigenvalue weighted by Gasteiger charge is -2.22. The van der Waals surface area contributed by atoms with E-state index in [2.05, 4.69) is 0 Å². The van der Waals surface area contributed by atoms with Crippen molar-refractivity contribution in [1.82, 2.24) is 3.71 Å². The highest BCUT2D eigenvalue weighted by atomic mass is 32.3. The molecule has 0 radical (unpaired) electrons. The average molecular weight is 506 g/mol. The summed E-state index contributed by atoms with van der Waals surface area (Å²) in [5, 5.41) is 0. The summed E-state index contributed by atoms with van der Waals surface area (Å²) in [6.45, 7) is -0.564. The maximum absolute atomic E-state index is 14.1. The van der Waals surface area contributed by atoms with Gasteiger partial charge in [0.2, 0.25) is 5.78 Å². The molecule has 0 aliphatic rings. The van der Waals surface area contributed by atoms with Gasteiger partial charge in [0.25, 0.3) is 26.4 Å². The second-order valence-electron chi connectivity index (χ2n) is 7.26. The summed E-state index contributed by atoms with van der Waals surface area (Å²) in [6.07, 6.45) is -1.97. The number of rotatable bonds is 12. The fourth-order valence-electron chi connectivity index (χ4n) is 3.13. The first-order valence-electron chi connectivity index (χ1n) is 10.5. The highest BCUT2D eigenvalue weighted by Gasteiger charge is 2.36. The Kier molecular flexibility index (Phi) is 8.67. The summed E-state index contributed by atoms with van der Waals surface area (Å²) in [4.78, 5) is 11.7. The molecule has 0 saturated heterocycles. The van der Waals surface area contributed by atoms with Gasteiger partial charge in [-0.3, -0.25) is 4.79 Å². The highest BCUT2D eigenvalue weighted by Crippen LogP contribution is 2.25. The van der Waals surface area contributed by atoms with Gasteiger partial charge in [-0.05, 0) is 37.1 Å². The molecule has 3 aromatic rings. The van der Waals surface area contributed by atoms with Crippen molar-refractivity contribution in [2.45, 2.75) is 29.0 Å². The summed E-state index contributed by atoms with van der Waals surface area (Å²) < 4.78 is 72.2. The first kappa shape index (κ1) is 25.7. The molecule has 0 heterocycles. The van der Waals surface area contributed by atoms with Gasteiger partial charge in [0.1, 0.15) is 0 Å². The monoisotopic (exact) mass is 505 g/mol. The zero-order chi connectivity index (χ0) is 24.6. The fourth-order valence-corrected chi connectivity index (χ4v) is 6.89. The van der Waals surface area contributed by atoms with Crippen LogP contribution in [0.25, 0.3) is 0 Å². The predicted octanol–water partition coefficient (Wildman–Crippen LogP) is 4.04. The maximum atomic E-state index is 14.1. The number of hydrogen-bond acceptors (Lipinski definition) is 6. The van der Waals surface area contributed by atoms with Crippen LogP contribution in [0.4, 0.5) is 4.39 Å². The summed E-state index contributed by atoms with van der Waals surface area (Å²) in [5.74, 6) is -0.819. The minimum absolute atomic E-state index is 0.0599. The lowest BCUT2D eigenvalue weighted by molar-refractivity contribution is -0.0220. The van der Waals surface area contributed by atoms with Crippen LogP contribution in [0.3, 0.4) is 0 Å². The highest BCUT2D eigenvalue weighted by molar-refractivity contribution is 8.04. The Morgan fingerprint density at radius 3 is 1.65 bits per heavy atom. The minimum atomic E-state index is -4.38. The molecule has 0 saturated carbocycles. The SMILES string of the molecule is O=C(c1ccccc1)[C@H](F)OCCCCN(S(=O)(=O)c1ccccc1)S(=O)(=O)c1ccccc1. The number of ether oxygens (including phenoxy) is 1. The number of hydrogen-bond donors (Lipinski definition) is 0. The number of Topliss-reactive ketones (excluding diaryl/α,β-unsaturated/α-hetero) is 1. The normalized spacial score (nSPS) is 13.0. The van der Waals surface area contributed by atoms with E-state index < -0.39 is 32.2 Å². The van der Waals surface area contributed by atoms with E-state index in [1.807, 2.05) is 0 Å². The quantitative estimate of drug-likeness (QED) is 0.272. The Morgan fingerprint density at radius 1 is 0.735 bits per heavy atom. The first-order valence-corrected chi connectivity index (χ1v) is 13.4. The number of nitrogens with zero attached hydrogens (tertiary/aromatic N) is 1. The van der Waals surface area contributed by atoms with Gasteiger partial charge in [-0.15, -0.1) is 0 Å². The number of alkyl halides is 1. The van der Waals surface area contributed by atoms with E-state index in [-0.39, 0.29) is 41.3 Å². The summed E-state index contributed by atoms with van der Waals surface area (Å²) in [5.41, 5.74) is 0.170. The van der Waals surface area contributed by atoms with Crippen molar-refractivity contribution in [3.05, 3.63) is 96.6 Å². The smallest absolute Gasteiger partial charge is 0.262 e. The van der Waals surface area contributed by atoms with Crippen LogP contribution in [0.2, 0.25) is 0 Å². The number of carbonyl (C=O) groups excluding carboxylic acids is 1. The van der Waals surface area contributed by atoms with Crippen LogP contribution in [0.15, 0.2) is 101 Å². The van der Waals surface area contributed by atoms with Crippen LogP contribution in [0, 0.1) is 0 Å². The van der Waals surface area contributed by atoms with E-state index in [0.717, 1.165) is 0 Å². The second kappa shape index (κ2) is 11.5. The van der Waals surface area contributed by atoms with E-state index in [1.165, 1.54) is 60.7 Å². The topological polar surface area (TPSA) is 97.8 Å². The van der Waals surface area contributed by atoms with E-state index in [9.17, 15) is 26.0 Å². The lowest BCUT2D eigenvalue weighted by Crippen LogP contribution is -2.37. The molecule has 0 bridgehead atoms. The van der Waals surface area contributed by atoms with Crippen molar-refractivity contribution in [2.75, 3.05) is 13.2 Å². The van der Waals surface area contributed by atoms with E-state index >= 15 is 0 Å². The third-order valence-corrected chi connectivity index (χ3v) is 9.23. The van der Waals surface area contributed by atoms with Crippen LogP contribution >= 0.6 is 0 Å². The van der Waals surface area contributed by atoms with Gasteiger partial charge in [0.05, 0.1) is 16.4 Å². The first-order chi connectivity index (χ1) is 16.2. The molecule has 0 aromatic heterocycles. The molecular formula is C24H24FNO6S2. The van der Waals surface area contributed by atoms with Crippen LogP contribution < -0.4 is 0 Å². The Labute approximate surface area is 198 Å². The molecule has 0 aliphatic heterocycles. The Hall–Kier alpha value is -2.92. The molecule has 180 valence electrons. The minimum Gasteiger partial charge on any atom is -0.342 e. The molecule has 0 spiro atoms. The molecule has 10 heteroatoms. The summed E-state index contributed by atoms with van der Waals surface area (Å²) >= 11 is 0. The third-order valence-electron chi connectivity index (χ3n) is 4.88. The Balaban J connectivity index is 1.69. The summed E-state index contributed by atoms with van der Waals surface area (Å²) in [6, 6.07) is 22.3. The fraction of sp³-hybridized carbons (Fsp3) is 0.208. The standard InChI is InChI=1S/C24H24FNO6S2/c25-24(23(27)20-12-4-1-5-13-20)32-19-11-10-18-26(33(28,29)21-14-6-2-7-15-21)34(30,31)22-16-8-3-9-17-22/h1-9,12-17,24H,10-11,18-19H2/t24-/m1/s1. The molecule has 3 aromatic carbocycles. The molecular weight excluding hydrogens is 481 g/mol. The third kappa shape index (κ3) is 6.15. The molecule has 34 heavy (non-hydrogen) atoms. The second-order valence-corrected chi connectivity index (χ2v) is 11.2. The number of ketones is 1. The average Bonchev–Trinajstić information content (AvgIpc) is 2.86. The van der Waals surface area contributed by atoms with Crippen molar-refractivity contribution < 1.29 is 30.8 Å². The maximum Gasteiger partial charge on any atom is 0.262 e. The number of benzene rings is 3. The van der Waals surface area contributed by atoms with E-state index in [4.69, 9.17) is 4.74 Å². The van der Waals surface area contributed by atoms with Crippen LogP contribution in [0.5, 0.6) is 0 Å². The van der Waals surface area contributed by atoms with Gasteiger partial charge in [0.15, 0.2) is 0 Å². The molecule has 0 fully saturated rings. The molecule has 7 nitrogen and oxygen atoms in total. The molecule has 0 aliphatic carbocycles. The molecule has 1 atom stereocenters. The number of sulfonamides is 2. The van der Waals surface area contributed by atoms with Crippen molar-refractivity contribution in [2.24, 2.45) is 0 Å². The predicted molar refractivity (Wildman–Crippen MR) is 125 cm³/mol. The number of halogens is 1. The van der Waals surface area contributed by atoms with Gasteiger partial charge >= 0.3 is 0 Å². The molecule has 0 N–H and O–H groups in total. The Morgan fingerprint density at radius 2 is 1.18 bits per heavy atom. The van der Waals surface area contributed by atoms with Crippen molar-refractivity contribution in [3.8, 4) is 0 Å². The largest absolute Gasteiger partial charge is 0.342 e. The number of carbonyl (C=O) groups is 1. The Bertz CT molecular complexity index is 1220. The lowest BCUT2D eigenvalue weighted by atomic mass is 10.1. The van der Waals surface area contributed by atoms with Gasteiger partial charge in [-0.2, -0.15) is 0 Å². The van der Waals surface area contributed by atoms with Gasteiger partial charge in [-0.25, -0.2) is 21.2 Å². The van der Waals surface area contributed by atoms with Crippen LogP contribution in [-0.2, 0) is 24.8 Å². The molecule has 0 unspecified atom stereocenters. The summed E-state index contributed by atoms with van der Waals surface area (Å²) in [7, 11) is -8.77. The van der Waals surface area contributed by atoms with Crippen molar-refractivity contribution >= 4 is 25.8 Å². The van der Waals surface area contributed by atoms with Crippen LogP contribution in [-0.4, -0.2) is 45.8 Å². The van der Waals surface area contributed by atoms with E-state index in [1.54, 1.807) is 30.3 Å². The molecule has 3 rings (SSSR count). The molecule has 0 amide bonds. The van der Waals surface area contributed by atoms with Gasteiger partial charge < -0.3 is 4.74 Å². The van der Waals surface area contributed by atoms with Crippen molar-refractivity contribution in [1.29, 1.82) is 0 Å². The van der Waals surface area contributed by atoms with Crippen molar-refractivity contribution in [3.63, 3.8) is 0 Å². The van der Waals surface area contributed by atoms with Gasteiger partial charge in [0, 0.05) is 12.1 Å².